The monoisotopic (exact) mass is 309 g/mol. The lowest BCUT2D eigenvalue weighted by atomic mass is 10.0. The first-order chi connectivity index (χ1) is 10.6. The van der Waals surface area contributed by atoms with Crippen molar-refractivity contribution in [3.05, 3.63) is 19.1 Å². The highest BCUT2D eigenvalue weighted by Crippen LogP contribution is 2.32. The molecule has 1 saturated heterocycles. The van der Waals surface area contributed by atoms with Crippen LogP contribution in [0.2, 0.25) is 0 Å². The van der Waals surface area contributed by atoms with Gasteiger partial charge in [0.1, 0.15) is 0 Å². The van der Waals surface area contributed by atoms with Crippen LogP contribution < -0.4 is 0 Å². The number of ether oxygens (including phenoxy) is 2. The minimum absolute atomic E-state index is 0.231. The maximum absolute atomic E-state index is 6.07. The smallest absolute Gasteiger partial charge is 0.163 e. The lowest BCUT2D eigenvalue weighted by Gasteiger charge is -2.16. The zero-order chi connectivity index (χ0) is 16.3. The van der Waals surface area contributed by atoms with Gasteiger partial charge in [0.25, 0.3) is 0 Å². The Morgan fingerprint density at radius 1 is 0.909 bits per heavy atom. The fourth-order valence-electron chi connectivity index (χ4n) is 3.09. The summed E-state index contributed by atoms with van der Waals surface area (Å²) in [5, 5.41) is 0. The number of rotatable bonds is 12. The van der Waals surface area contributed by atoms with Crippen molar-refractivity contribution >= 4 is 0 Å². The Morgan fingerprint density at radius 3 is 2.36 bits per heavy atom. The summed E-state index contributed by atoms with van der Waals surface area (Å²) in [7, 11) is 0. The molecule has 2 unspecified atom stereocenters. The highest BCUT2D eigenvalue weighted by molar-refractivity contribution is 4.90. The van der Waals surface area contributed by atoms with Crippen molar-refractivity contribution in [2.45, 2.75) is 109 Å². The van der Waals surface area contributed by atoms with Crippen LogP contribution in [0.3, 0.4) is 0 Å². The molecule has 0 bridgehead atoms. The third-order valence-electron chi connectivity index (χ3n) is 4.28. The van der Waals surface area contributed by atoms with E-state index in [1.54, 1.807) is 0 Å². The van der Waals surface area contributed by atoms with Crippen LogP contribution in [-0.2, 0) is 9.47 Å². The van der Waals surface area contributed by atoms with Crippen molar-refractivity contribution in [1.29, 1.82) is 0 Å². The largest absolute Gasteiger partial charge is 0.345 e. The van der Waals surface area contributed by atoms with Gasteiger partial charge in [-0.2, -0.15) is 0 Å². The molecule has 0 N–H and O–H groups in total. The van der Waals surface area contributed by atoms with Crippen molar-refractivity contribution in [2.24, 2.45) is 0 Å². The predicted molar refractivity (Wildman–Crippen MR) is 94.8 cm³/mol. The molecule has 0 aromatic rings. The van der Waals surface area contributed by atoms with Gasteiger partial charge in [-0.25, -0.2) is 0 Å². The van der Waals surface area contributed by atoms with Crippen LogP contribution in [0.5, 0.6) is 0 Å². The third-order valence-corrected chi connectivity index (χ3v) is 4.28. The summed E-state index contributed by atoms with van der Waals surface area (Å²) in [5.74, 6) is -0.413. The van der Waals surface area contributed by atoms with E-state index >= 15 is 0 Å². The summed E-state index contributed by atoms with van der Waals surface area (Å²) in [4.78, 5) is 0. The van der Waals surface area contributed by atoms with Gasteiger partial charge in [0.15, 0.2) is 5.79 Å². The average molecular weight is 310 g/mol. The van der Waals surface area contributed by atoms with Crippen LogP contribution in [0, 0.1) is 6.92 Å². The van der Waals surface area contributed by atoms with Gasteiger partial charge in [-0.15, -0.1) is 0 Å². The Labute approximate surface area is 138 Å². The minimum Gasteiger partial charge on any atom is -0.345 e. The van der Waals surface area contributed by atoms with Gasteiger partial charge in [0.2, 0.25) is 0 Å². The van der Waals surface area contributed by atoms with Crippen molar-refractivity contribution < 1.29 is 9.47 Å². The molecule has 2 heteroatoms. The van der Waals surface area contributed by atoms with E-state index in [1.165, 1.54) is 51.4 Å². The molecule has 1 rings (SSSR count). The summed E-state index contributed by atoms with van der Waals surface area (Å²) < 4.78 is 12.1. The zero-order valence-electron chi connectivity index (χ0n) is 15.1. The molecular weight excluding hydrogens is 272 g/mol. The summed E-state index contributed by atoms with van der Waals surface area (Å²) >= 11 is 0. The molecule has 0 amide bonds. The van der Waals surface area contributed by atoms with Gasteiger partial charge in [0, 0.05) is 0 Å². The highest BCUT2D eigenvalue weighted by atomic mass is 16.7. The Balaban J connectivity index is 2.22. The Bertz CT molecular complexity index is 296. The van der Waals surface area contributed by atoms with E-state index in [1.807, 2.05) is 13.8 Å². The fourth-order valence-corrected chi connectivity index (χ4v) is 3.09. The third kappa shape index (κ3) is 8.33. The molecule has 129 valence electrons. The molecule has 0 spiro atoms. The molecule has 0 aromatic carbocycles. The second-order valence-electron chi connectivity index (χ2n) is 6.97. The summed E-state index contributed by atoms with van der Waals surface area (Å²) in [6.45, 7) is 10.2. The highest BCUT2D eigenvalue weighted by Gasteiger charge is 2.39. The number of hydrogen-bond donors (Lipinski definition) is 0. The maximum Gasteiger partial charge on any atom is 0.163 e. The van der Waals surface area contributed by atoms with Gasteiger partial charge in [-0.05, 0) is 39.5 Å². The quantitative estimate of drug-likeness (QED) is 0.315. The van der Waals surface area contributed by atoms with E-state index in [0.29, 0.717) is 0 Å². The van der Waals surface area contributed by atoms with Crippen molar-refractivity contribution in [2.75, 3.05) is 0 Å². The summed E-state index contributed by atoms with van der Waals surface area (Å²) in [6, 6.07) is 0. The lowest BCUT2D eigenvalue weighted by Crippen LogP contribution is -2.21. The van der Waals surface area contributed by atoms with Gasteiger partial charge in [0.05, 0.1) is 12.2 Å². The molecule has 0 aromatic heterocycles. The maximum atomic E-state index is 6.07. The van der Waals surface area contributed by atoms with Crippen LogP contribution >= 0.6 is 0 Å². The van der Waals surface area contributed by atoms with E-state index in [-0.39, 0.29) is 12.2 Å². The van der Waals surface area contributed by atoms with Crippen LogP contribution in [0.25, 0.3) is 0 Å². The van der Waals surface area contributed by atoms with E-state index in [4.69, 9.17) is 9.47 Å². The van der Waals surface area contributed by atoms with E-state index < -0.39 is 5.79 Å². The number of allylic oxidation sites excluding steroid dienone is 1. The first-order valence-corrected chi connectivity index (χ1v) is 9.39. The molecule has 2 nitrogen and oxygen atoms in total. The predicted octanol–water partition coefficient (Wildman–Crippen LogP) is 6.21. The molecule has 1 fully saturated rings. The molecule has 22 heavy (non-hydrogen) atoms. The van der Waals surface area contributed by atoms with Crippen LogP contribution in [0.15, 0.2) is 12.2 Å². The Morgan fingerprint density at radius 2 is 1.64 bits per heavy atom. The second-order valence-corrected chi connectivity index (χ2v) is 6.97. The summed E-state index contributed by atoms with van der Waals surface area (Å²) in [6.07, 6.45) is 18.5. The van der Waals surface area contributed by atoms with Gasteiger partial charge >= 0.3 is 0 Å². The SMILES string of the molecule is [CH2]CCCCCCC=CCC1OC(C)(C)OC1CCCCC. The van der Waals surface area contributed by atoms with Crippen molar-refractivity contribution in [1.82, 2.24) is 0 Å². The zero-order valence-corrected chi connectivity index (χ0v) is 15.1. The van der Waals surface area contributed by atoms with E-state index in [0.717, 1.165) is 19.3 Å². The average Bonchev–Trinajstić information content (AvgIpc) is 2.76. The molecule has 1 aliphatic heterocycles. The topological polar surface area (TPSA) is 18.5 Å². The number of unbranched alkanes of at least 4 members (excludes halogenated alkanes) is 7. The Kier molecular flexibility index (Phi) is 10.1. The van der Waals surface area contributed by atoms with Crippen molar-refractivity contribution in [3.63, 3.8) is 0 Å². The van der Waals surface area contributed by atoms with Crippen LogP contribution in [0.4, 0.5) is 0 Å². The molecule has 1 heterocycles. The minimum atomic E-state index is -0.413. The van der Waals surface area contributed by atoms with E-state index in [9.17, 15) is 0 Å². The normalized spacial score (nSPS) is 24.4. The molecule has 2 atom stereocenters. The molecule has 1 radical (unpaired) electrons. The first-order valence-electron chi connectivity index (χ1n) is 9.39. The second kappa shape index (κ2) is 11.2. The van der Waals surface area contributed by atoms with E-state index in [2.05, 4.69) is 26.0 Å². The molecular formula is C20H37O2. The van der Waals surface area contributed by atoms with Crippen LogP contribution in [-0.4, -0.2) is 18.0 Å². The lowest BCUT2D eigenvalue weighted by molar-refractivity contribution is -0.146. The van der Waals surface area contributed by atoms with Gasteiger partial charge < -0.3 is 9.47 Å². The van der Waals surface area contributed by atoms with Crippen LogP contribution in [0.1, 0.15) is 91.4 Å². The number of hydrogen-bond acceptors (Lipinski definition) is 2. The van der Waals surface area contributed by atoms with Gasteiger partial charge in [-0.3, -0.25) is 0 Å². The van der Waals surface area contributed by atoms with Gasteiger partial charge in [-0.1, -0.05) is 70.9 Å². The molecule has 0 saturated carbocycles. The van der Waals surface area contributed by atoms with Crippen molar-refractivity contribution in [3.8, 4) is 0 Å². The standard InChI is InChI=1S/C20H37O2/c1-5-7-9-10-11-12-13-15-17-19-18(16-14-8-6-2)21-20(3,4)22-19/h13,15,18-19H,1,5-12,14,16-17H2,2-4H3. The fraction of sp³-hybridized carbons (Fsp3) is 0.850. The Hall–Kier alpha value is -0.340. The molecule has 0 aliphatic carbocycles. The molecule has 1 aliphatic rings. The summed E-state index contributed by atoms with van der Waals surface area (Å²) in [5.41, 5.74) is 0. The first kappa shape index (κ1) is 19.7.